The Hall–Kier alpha value is -6.03. The monoisotopic (exact) mass is 861 g/mol. The van der Waals surface area contributed by atoms with Crippen LogP contribution in [0.1, 0.15) is 107 Å². The maximum Gasteiger partial charge on any atom is 0.258 e. The Balaban J connectivity index is 0.910. The second kappa shape index (κ2) is 16.6. The number of anilines is 1. The molecule has 3 aliphatic heterocycles. The van der Waals surface area contributed by atoms with Gasteiger partial charge in [-0.25, -0.2) is 13.8 Å². The van der Waals surface area contributed by atoms with Crippen molar-refractivity contribution < 1.29 is 32.7 Å². The van der Waals surface area contributed by atoms with Crippen molar-refractivity contribution in [2.75, 3.05) is 32.6 Å². The first-order chi connectivity index (χ1) is 30.3. The lowest BCUT2D eigenvalue weighted by atomic mass is 9.53. The number of imide groups is 1. The molecule has 9 rings (SSSR count). The van der Waals surface area contributed by atoms with Crippen LogP contribution >= 0.6 is 0 Å². The summed E-state index contributed by atoms with van der Waals surface area (Å²) in [5.41, 5.74) is 10.3. The molecule has 4 aromatic rings. The fourth-order valence-electron chi connectivity index (χ4n) is 11.0. The highest BCUT2D eigenvalue weighted by Gasteiger charge is 2.69. The zero-order valence-electron chi connectivity index (χ0n) is 36.0. The van der Waals surface area contributed by atoms with Crippen molar-refractivity contribution in [2.24, 2.45) is 22.1 Å². The average molecular weight is 862 g/mol. The number of carbonyl (C=O) groups excluding carboxylic acids is 4. The van der Waals surface area contributed by atoms with Crippen molar-refractivity contribution >= 4 is 52.1 Å². The summed E-state index contributed by atoms with van der Waals surface area (Å²) in [6.07, 6.45) is 7.34. The first kappa shape index (κ1) is 42.3. The Morgan fingerprint density at radius 2 is 1.86 bits per heavy atom. The molecule has 5 heterocycles. The first-order valence-electron chi connectivity index (χ1n) is 22.0. The number of aliphatic imine (C=N–C) groups is 1. The van der Waals surface area contributed by atoms with E-state index in [4.69, 9.17) is 15.5 Å². The number of aryl methyl sites for hydroxylation is 1. The van der Waals surface area contributed by atoms with Gasteiger partial charge in [-0.3, -0.25) is 44.7 Å². The quantitative estimate of drug-likeness (QED) is 0.200. The molecular weight excluding hydrogens is 809 g/mol. The van der Waals surface area contributed by atoms with Crippen molar-refractivity contribution in [1.29, 1.82) is 0 Å². The Morgan fingerprint density at radius 3 is 2.57 bits per heavy atom. The van der Waals surface area contributed by atoms with E-state index in [1.54, 1.807) is 32.2 Å². The van der Waals surface area contributed by atoms with Crippen molar-refractivity contribution in [3.63, 3.8) is 0 Å². The predicted octanol–water partition coefficient (Wildman–Crippen LogP) is 5.87. The van der Waals surface area contributed by atoms with Crippen molar-refractivity contribution in [3.05, 3.63) is 93.9 Å². The summed E-state index contributed by atoms with van der Waals surface area (Å²) in [5.74, 6) is -3.24. The molecule has 4 unspecified atom stereocenters. The smallest absolute Gasteiger partial charge is 0.258 e. The number of amides is 4. The summed E-state index contributed by atoms with van der Waals surface area (Å²) in [5, 5.41) is 5.23. The molecule has 14 nitrogen and oxygen atoms in total. The Labute approximate surface area is 364 Å². The molecule has 16 heteroatoms. The van der Waals surface area contributed by atoms with Gasteiger partial charge in [0.1, 0.15) is 11.6 Å². The Bertz CT molecular complexity index is 2590. The zero-order valence-corrected chi connectivity index (χ0v) is 36.0. The van der Waals surface area contributed by atoms with Crippen LogP contribution < -0.4 is 16.4 Å². The number of hydrogen-bond acceptors (Lipinski definition) is 10. The highest BCUT2D eigenvalue weighted by atomic mass is 19.1. The van der Waals surface area contributed by atoms with Gasteiger partial charge in [0.25, 0.3) is 11.8 Å². The molecule has 2 aliphatic carbocycles. The SMILES string of the molecule is CN=C1OCCC[C@@H](C)Cn2c(nc3ccc(C(=O)N(C)C4CC5N(CCc6cc(F)c([C@H]7CCC(=O)NC7=O)c(F)c6)C6CCC65C4)cc32)NC(=O)c2cc(C)nc(c2)C1=CN. The molecule has 4 N–H and O–H groups in total. The largest absolute Gasteiger partial charge is 0.477 e. The van der Waals surface area contributed by atoms with E-state index >= 15 is 8.78 Å². The molecule has 2 aromatic carbocycles. The van der Waals surface area contributed by atoms with Gasteiger partial charge in [-0.15, -0.1) is 0 Å². The molecule has 2 saturated carbocycles. The van der Waals surface area contributed by atoms with Crippen LogP contribution in [0.25, 0.3) is 16.6 Å². The number of carbonyl (C=O) groups is 4. The molecule has 2 aromatic heterocycles. The van der Waals surface area contributed by atoms with E-state index in [9.17, 15) is 19.2 Å². The number of imidazole rings is 1. The van der Waals surface area contributed by atoms with E-state index in [2.05, 4.69) is 32.4 Å². The van der Waals surface area contributed by atoms with Gasteiger partial charge in [0.15, 0.2) is 0 Å². The maximum atomic E-state index is 15.3. The second-order valence-electron chi connectivity index (χ2n) is 18.1. The van der Waals surface area contributed by atoms with Gasteiger partial charge in [-0.2, -0.15) is 0 Å². The normalized spacial score (nSPS) is 27.5. The van der Waals surface area contributed by atoms with Gasteiger partial charge in [0.05, 0.1) is 34.8 Å². The van der Waals surface area contributed by atoms with Crippen molar-refractivity contribution in [1.82, 2.24) is 29.7 Å². The highest BCUT2D eigenvalue weighted by molar-refractivity contribution is 6.19. The minimum Gasteiger partial charge on any atom is -0.477 e. The molecular formula is C47H53F2N9O5. The van der Waals surface area contributed by atoms with Crippen LogP contribution in [0.3, 0.4) is 0 Å². The van der Waals surface area contributed by atoms with Gasteiger partial charge >= 0.3 is 0 Å². The number of nitrogens with two attached hydrogens (primary N) is 1. The summed E-state index contributed by atoms with van der Waals surface area (Å²) in [7, 11) is 3.50. The summed E-state index contributed by atoms with van der Waals surface area (Å²) in [6, 6.07) is 12.1. The number of halogens is 2. The fourth-order valence-corrected chi connectivity index (χ4v) is 11.0. The van der Waals surface area contributed by atoms with Crippen LogP contribution in [0.4, 0.5) is 14.7 Å². The van der Waals surface area contributed by atoms with Crippen molar-refractivity contribution in [3.8, 4) is 0 Å². The number of nitrogens with one attached hydrogen (secondary N) is 2. The summed E-state index contributed by atoms with van der Waals surface area (Å²) in [4.78, 5) is 70.3. The van der Waals surface area contributed by atoms with Gasteiger partial charge in [0.2, 0.25) is 23.7 Å². The minimum absolute atomic E-state index is 0.0138. The van der Waals surface area contributed by atoms with Crippen LogP contribution in [0.5, 0.6) is 0 Å². The number of rotatable bonds is 6. The van der Waals surface area contributed by atoms with Crippen LogP contribution in [0.2, 0.25) is 0 Å². The van der Waals surface area contributed by atoms with Crippen molar-refractivity contribution in [2.45, 2.75) is 102 Å². The standard InChI is InChI=1S/C47H53F2N9O5/c1-25-6-5-15-63-44(51-3)32(23-50)36-19-29(16-26(2)52-36)42(60)55-46-53-35-9-7-28(20-37(35)58(46)24-25)45(62)56(4)30-21-39-47(22-30)13-11-38(47)57(39)14-12-27-17-33(48)41(34(49)18-27)31-8-10-40(59)54-43(31)61/h7,9,16-20,23,25,30-31,38-39H,5-6,8,10-15,21-22,24,50H2,1-4H3,(H,53,55,60)(H,54,59,61)/t25-,30?,31-,38?,39?,47?/m1/s1. The number of fused-ring (bicyclic) bond motifs is 5. The van der Waals surface area contributed by atoms with E-state index in [0.717, 1.165) is 44.0 Å². The van der Waals surface area contributed by atoms with E-state index in [-0.39, 0.29) is 53.6 Å². The molecule has 1 spiro atoms. The topological polar surface area (TPSA) is 177 Å². The fraction of sp³-hybridized carbons (Fsp3) is 0.468. The molecule has 2 bridgehead atoms. The lowest BCUT2D eigenvalue weighted by Crippen LogP contribution is -2.74. The number of aromatic nitrogens is 3. The molecule has 2 saturated heterocycles. The third-order valence-corrected chi connectivity index (χ3v) is 14.3. The Morgan fingerprint density at radius 1 is 1.06 bits per heavy atom. The number of piperidine rings is 2. The van der Waals surface area contributed by atoms with Crippen LogP contribution in [-0.4, -0.2) is 99.2 Å². The summed E-state index contributed by atoms with van der Waals surface area (Å²) in [6.45, 7) is 5.52. The Kier molecular flexibility index (Phi) is 11.1. The predicted molar refractivity (Wildman–Crippen MR) is 233 cm³/mol. The zero-order chi connectivity index (χ0) is 44.3. The molecule has 4 fully saturated rings. The number of nitrogens with zero attached hydrogens (tertiary/aromatic N) is 6. The lowest BCUT2D eigenvalue weighted by Gasteiger charge is -2.68. The van der Waals surface area contributed by atoms with Gasteiger partial charge in [-0.05, 0) is 112 Å². The third kappa shape index (κ3) is 7.55. The van der Waals surface area contributed by atoms with Crippen LogP contribution in [-0.2, 0) is 27.3 Å². The molecule has 4 amide bonds. The molecule has 5 aliphatic rings. The number of hydrogen-bond donors (Lipinski definition) is 3. The van der Waals surface area contributed by atoms with Crippen LogP contribution in [0, 0.1) is 29.9 Å². The maximum absolute atomic E-state index is 15.3. The third-order valence-electron chi connectivity index (χ3n) is 14.3. The second-order valence-corrected chi connectivity index (χ2v) is 18.1. The van der Waals surface area contributed by atoms with Gasteiger partial charge in [0, 0.05) is 85.7 Å². The highest BCUT2D eigenvalue weighted by Crippen LogP contribution is 2.65. The number of benzene rings is 2. The number of likely N-dealkylation sites (tertiary alicyclic amines) is 1. The summed E-state index contributed by atoms with van der Waals surface area (Å²) < 4.78 is 38.7. The average Bonchev–Trinajstić information content (AvgIpc) is 3.80. The minimum atomic E-state index is -1.03. The van der Waals surface area contributed by atoms with Crippen LogP contribution in [0.15, 0.2) is 53.7 Å². The first-order valence-corrected chi connectivity index (χ1v) is 22.0. The molecule has 0 radical (unpaired) electrons. The van der Waals surface area contributed by atoms with Gasteiger partial charge in [-0.1, -0.05) is 6.92 Å². The van der Waals surface area contributed by atoms with E-state index in [0.29, 0.717) is 83.2 Å². The summed E-state index contributed by atoms with van der Waals surface area (Å²) >= 11 is 0. The van der Waals surface area contributed by atoms with E-state index in [1.807, 2.05) is 28.6 Å². The van der Waals surface area contributed by atoms with E-state index in [1.165, 1.54) is 18.3 Å². The molecule has 330 valence electrons. The van der Waals surface area contributed by atoms with E-state index < -0.39 is 29.4 Å². The molecule has 63 heavy (non-hydrogen) atoms. The lowest BCUT2D eigenvalue weighted by molar-refractivity contribution is -0.187. The molecule has 6 atom stereocenters. The number of pyridine rings is 1. The van der Waals surface area contributed by atoms with Gasteiger partial charge < -0.3 is 19.9 Å². The number of ether oxygens (including phenoxy) is 1.